The molecule has 1 heterocycles. The van der Waals surface area contributed by atoms with Crippen LogP contribution >= 0.6 is 27.7 Å². The van der Waals surface area contributed by atoms with E-state index in [1.54, 1.807) is 6.92 Å². The molecule has 0 radical (unpaired) electrons. The predicted octanol–water partition coefficient (Wildman–Crippen LogP) is 3.26. The van der Waals surface area contributed by atoms with E-state index in [0.717, 1.165) is 15.1 Å². The number of benzene rings is 1. The highest BCUT2D eigenvalue weighted by molar-refractivity contribution is 9.10. The van der Waals surface area contributed by atoms with Crippen LogP contribution in [0.2, 0.25) is 0 Å². The number of halogens is 1. The van der Waals surface area contributed by atoms with E-state index in [-0.39, 0.29) is 16.8 Å². The summed E-state index contributed by atoms with van der Waals surface area (Å²) in [6, 6.07) is 5.55. The van der Waals surface area contributed by atoms with Crippen molar-refractivity contribution in [1.82, 2.24) is 0 Å². The highest BCUT2D eigenvalue weighted by atomic mass is 79.9. The molecular formula is C11H10BrNO3S. The zero-order valence-electron chi connectivity index (χ0n) is 8.99. The lowest BCUT2D eigenvalue weighted by atomic mass is 10.3. The van der Waals surface area contributed by atoms with Gasteiger partial charge < -0.3 is 15.2 Å². The van der Waals surface area contributed by atoms with E-state index < -0.39 is 0 Å². The fraction of sp³-hybridized carbons (Fsp3) is 0.182. The monoisotopic (exact) mass is 315 g/mol. The maximum absolute atomic E-state index is 11.7. The van der Waals surface area contributed by atoms with Crippen LogP contribution in [0.4, 0.5) is 5.69 Å². The van der Waals surface area contributed by atoms with E-state index in [2.05, 4.69) is 21.2 Å². The molecule has 1 amide bonds. The van der Waals surface area contributed by atoms with Crippen molar-refractivity contribution in [3.63, 3.8) is 0 Å². The minimum Gasteiger partial charge on any atom is -0.480 e. The molecule has 2 N–H and O–H groups in total. The molecule has 1 aliphatic rings. The first-order chi connectivity index (χ1) is 8.11. The first-order valence-corrected chi connectivity index (χ1v) is 6.57. The van der Waals surface area contributed by atoms with Gasteiger partial charge in [0.05, 0.1) is 12.3 Å². The molecule has 6 heteroatoms. The summed E-state index contributed by atoms with van der Waals surface area (Å²) < 4.78 is 5.82. The molecule has 1 aromatic carbocycles. The number of rotatable bonds is 2. The van der Waals surface area contributed by atoms with Crippen molar-refractivity contribution in [2.75, 3.05) is 11.9 Å². The van der Waals surface area contributed by atoms with Crippen LogP contribution in [0.5, 0.6) is 0 Å². The van der Waals surface area contributed by atoms with Crippen molar-refractivity contribution in [1.29, 1.82) is 0 Å². The molecule has 1 aliphatic heterocycles. The smallest absolute Gasteiger partial charge is 0.297 e. The Morgan fingerprint density at radius 3 is 3.06 bits per heavy atom. The van der Waals surface area contributed by atoms with Crippen molar-refractivity contribution in [3.05, 3.63) is 33.5 Å². The number of thioether (sulfide) groups is 1. The average molecular weight is 316 g/mol. The molecule has 1 aromatic rings. The summed E-state index contributed by atoms with van der Waals surface area (Å²) in [5.74, 6) is -0.685. The zero-order chi connectivity index (χ0) is 12.4. The van der Waals surface area contributed by atoms with Crippen LogP contribution in [0.3, 0.4) is 0 Å². The standard InChI is InChI=1S/C11H10BrNO3S/c1-2-16-11(15)9-10(14)13-7-5-6(12)3-4-8(7)17-9/h3-5,15H,2H2,1H3,(H,13,14)/b11-9+. The van der Waals surface area contributed by atoms with E-state index in [1.165, 1.54) is 11.8 Å². The second kappa shape index (κ2) is 5.01. The number of hydrogen-bond acceptors (Lipinski definition) is 4. The lowest BCUT2D eigenvalue weighted by Gasteiger charge is -2.19. The fourth-order valence-electron chi connectivity index (χ4n) is 1.37. The largest absolute Gasteiger partial charge is 0.480 e. The molecule has 4 nitrogen and oxygen atoms in total. The van der Waals surface area contributed by atoms with Gasteiger partial charge >= 0.3 is 0 Å². The maximum Gasteiger partial charge on any atom is 0.297 e. The normalized spacial score (nSPS) is 17.2. The summed E-state index contributed by atoms with van der Waals surface area (Å²) in [5, 5.41) is 12.3. The molecule has 0 unspecified atom stereocenters. The Labute approximate surface area is 111 Å². The molecule has 0 saturated carbocycles. The van der Waals surface area contributed by atoms with Crippen molar-refractivity contribution >= 4 is 39.3 Å². The van der Waals surface area contributed by atoms with Gasteiger partial charge in [0.15, 0.2) is 4.91 Å². The molecular weight excluding hydrogens is 306 g/mol. The number of fused-ring (bicyclic) bond motifs is 1. The molecule has 0 bridgehead atoms. The van der Waals surface area contributed by atoms with Crippen LogP contribution in [0.15, 0.2) is 38.4 Å². The third-order valence-corrected chi connectivity index (χ3v) is 3.72. The second-order valence-corrected chi connectivity index (χ2v) is 5.23. The molecule has 17 heavy (non-hydrogen) atoms. The molecule has 0 spiro atoms. The summed E-state index contributed by atoms with van der Waals surface area (Å²) in [7, 11) is 0. The third kappa shape index (κ3) is 2.58. The van der Waals surface area contributed by atoms with Crippen LogP contribution in [0, 0.1) is 0 Å². The molecule has 2 rings (SSSR count). The van der Waals surface area contributed by atoms with Gasteiger partial charge in [0.25, 0.3) is 11.9 Å². The van der Waals surface area contributed by atoms with Gasteiger partial charge in [-0.1, -0.05) is 27.7 Å². The fourth-order valence-corrected chi connectivity index (χ4v) is 2.59. The van der Waals surface area contributed by atoms with Gasteiger partial charge in [-0.3, -0.25) is 4.79 Å². The Morgan fingerprint density at radius 1 is 1.59 bits per heavy atom. The van der Waals surface area contributed by atoms with Crippen molar-refractivity contribution in [2.24, 2.45) is 0 Å². The molecule has 90 valence electrons. The minimum atomic E-state index is -0.355. The number of hydrogen-bond donors (Lipinski definition) is 2. The number of aliphatic hydroxyl groups is 1. The van der Waals surface area contributed by atoms with Gasteiger partial charge in [-0.05, 0) is 25.1 Å². The Morgan fingerprint density at radius 2 is 2.35 bits per heavy atom. The van der Waals surface area contributed by atoms with Gasteiger partial charge in [-0.25, -0.2) is 0 Å². The maximum atomic E-state index is 11.7. The minimum absolute atomic E-state index is 0.182. The highest BCUT2D eigenvalue weighted by Crippen LogP contribution is 2.40. The lowest BCUT2D eigenvalue weighted by Crippen LogP contribution is -2.19. The zero-order valence-corrected chi connectivity index (χ0v) is 11.4. The van der Waals surface area contributed by atoms with E-state index >= 15 is 0 Å². The number of carbonyl (C=O) groups excluding carboxylic acids is 1. The van der Waals surface area contributed by atoms with Crippen molar-refractivity contribution in [2.45, 2.75) is 11.8 Å². The summed E-state index contributed by atoms with van der Waals surface area (Å²) in [4.78, 5) is 12.8. The SMILES string of the molecule is CCO/C(O)=C1/Sc2ccc(Br)cc2NC1=O. The Bertz CT molecular complexity index is 501. The van der Waals surface area contributed by atoms with Gasteiger partial charge in [0.1, 0.15) is 0 Å². The Kier molecular flexibility index (Phi) is 3.63. The quantitative estimate of drug-likeness (QED) is 0.649. The van der Waals surface area contributed by atoms with Crippen LogP contribution < -0.4 is 5.32 Å². The van der Waals surface area contributed by atoms with Crippen molar-refractivity contribution in [3.8, 4) is 0 Å². The molecule has 0 atom stereocenters. The lowest BCUT2D eigenvalue weighted by molar-refractivity contribution is -0.112. The van der Waals surface area contributed by atoms with Gasteiger partial charge in [-0.15, -0.1) is 0 Å². The average Bonchev–Trinajstić information content (AvgIpc) is 2.28. The first-order valence-electron chi connectivity index (χ1n) is 4.96. The van der Waals surface area contributed by atoms with Gasteiger partial charge in [0.2, 0.25) is 0 Å². The number of nitrogens with one attached hydrogen (secondary N) is 1. The van der Waals surface area contributed by atoms with E-state index in [9.17, 15) is 9.90 Å². The molecule has 0 aliphatic carbocycles. The highest BCUT2D eigenvalue weighted by Gasteiger charge is 2.25. The number of ether oxygens (including phenoxy) is 1. The summed E-state index contributed by atoms with van der Waals surface area (Å²) in [6.07, 6.45) is 0. The van der Waals surface area contributed by atoms with Crippen molar-refractivity contribution < 1.29 is 14.6 Å². The number of amides is 1. The number of anilines is 1. The number of carbonyl (C=O) groups is 1. The Balaban J connectivity index is 2.36. The van der Waals surface area contributed by atoms with Gasteiger partial charge in [-0.2, -0.15) is 0 Å². The van der Waals surface area contributed by atoms with E-state index in [1.807, 2.05) is 18.2 Å². The van der Waals surface area contributed by atoms with Gasteiger partial charge in [0, 0.05) is 9.37 Å². The second-order valence-electron chi connectivity index (χ2n) is 3.26. The molecule has 0 aromatic heterocycles. The first kappa shape index (κ1) is 12.3. The Hall–Kier alpha value is -1.14. The molecule has 0 fully saturated rings. The summed E-state index contributed by atoms with van der Waals surface area (Å²) in [5.41, 5.74) is 0.724. The number of aliphatic hydroxyl groups excluding tert-OH is 1. The van der Waals surface area contributed by atoms with E-state index in [0.29, 0.717) is 6.61 Å². The third-order valence-electron chi connectivity index (χ3n) is 2.08. The summed E-state index contributed by atoms with van der Waals surface area (Å²) >= 11 is 4.53. The van der Waals surface area contributed by atoms with Crippen LogP contribution in [-0.2, 0) is 9.53 Å². The van der Waals surface area contributed by atoms with Crippen LogP contribution in [-0.4, -0.2) is 17.6 Å². The molecule has 0 saturated heterocycles. The summed E-state index contributed by atoms with van der Waals surface area (Å²) in [6.45, 7) is 2.06. The predicted molar refractivity (Wildman–Crippen MR) is 69.9 cm³/mol. The van der Waals surface area contributed by atoms with E-state index in [4.69, 9.17) is 4.74 Å². The topological polar surface area (TPSA) is 58.6 Å². The van der Waals surface area contributed by atoms with Crippen LogP contribution in [0.25, 0.3) is 0 Å². The van der Waals surface area contributed by atoms with Crippen LogP contribution in [0.1, 0.15) is 6.92 Å².